The number of pyridine rings is 1. The van der Waals surface area contributed by atoms with Crippen molar-refractivity contribution in [1.82, 2.24) is 4.98 Å². The topological polar surface area (TPSA) is 97.4 Å². The summed E-state index contributed by atoms with van der Waals surface area (Å²) >= 11 is 0. The first-order valence-electron chi connectivity index (χ1n) is 9.91. The van der Waals surface area contributed by atoms with E-state index in [0.29, 0.717) is 11.4 Å². The first kappa shape index (κ1) is 21.3. The molecule has 0 radical (unpaired) electrons. The van der Waals surface area contributed by atoms with Crippen LogP contribution in [-0.2, 0) is 14.8 Å². The summed E-state index contributed by atoms with van der Waals surface area (Å²) < 4.78 is 33.3. The number of nitrogens with one attached hydrogen (secondary N) is 2. The Labute approximate surface area is 186 Å². The number of fused-ring (bicyclic) bond motifs is 1. The van der Waals surface area contributed by atoms with Gasteiger partial charge in [-0.25, -0.2) is 13.4 Å². The SMILES string of the molecule is C[C@@H](Oc1cccc2ccccc12)C(=O)Nc1ccc(S(=O)(=O)Nc2ccccn2)cc1. The molecule has 0 saturated heterocycles. The van der Waals surface area contributed by atoms with Crippen LogP contribution in [0.15, 0.2) is 96.0 Å². The van der Waals surface area contributed by atoms with E-state index in [-0.39, 0.29) is 16.6 Å². The fraction of sp³-hybridized carbons (Fsp3) is 0.0833. The molecule has 0 saturated carbocycles. The molecule has 162 valence electrons. The van der Waals surface area contributed by atoms with Gasteiger partial charge in [-0.15, -0.1) is 0 Å². The largest absolute Gasteiger partial charge is 0.480 e. The minimum atomic E-state index is -3.79. The molecule has 0 fully saturated rings. The first-order chi connectivity index (χ1) is 15.4. The zero-order chi connectivity index (χ0) is 22.6. The van der Waals surface area contributed by atoms with Crippen molar-refractivity contribution in [1.29, 1.82) is 0 Å². The van der Waals surface area contributed by atoms with Gasteiger partial charge in [0.15, 0.2) is 6.10 Å². The molecule has 0 aliphatic carbocycles. The predicted molar refractivity (Wildman–Crippen MR) is 124 cm³/mol. The molecule has 7 nitrogen and oxygen atoms in total. The van der Waals surface area contributed by atoms with Gasteiger partial charge >= 0.3 is 0 Å². The van der Waals surface area contributed by atoms with E-state index in [4.69, 9.17) is 4.74 Å². The summed E-state index contributed by atoms with van der Waals surface area (Å²) in [5.41, 5.74) is 0.458. The number of nitrogens with zero attached hydrogens (tertiary/aromatic N) is 1. The van der Waals surface area contributed by atoms with Crippen LogP contribution in [0.25, 0.3) is 10.8 Å². The number of rotatable bonds is 7. The maximum Gasteiger partial charge on any atom is 0.265 e. The van der Waals surface area contributed by atoms with Gasteiger partial charge in [-0.2, -0.15) is 0 Å². The van der Waals surface area contributed by atoms with Crippen molar-refractivity contribution in [2.75, 3.05) is 10.0 Å². The van der Waals surface area contributed by atoms with Crippen LogP contribution in [0.1, 0.15) is 6.92 Å². The highest BCUT2D eigenvalue weighted by molar-refractivity contribution is 7.92. The second-order valence-corrected chi connectivity index (χ2v) is 8.75. The Bertz CT molecular complexity index is 1340. The summed E-state index contributed by atoms with van der Waals surface area (Å²) in [7, 11) is -3.79. The molecule has 0 unspecified atom stereocenters. The molecule has 32 heavy (non-hydrogen) atoms. The molecule has 1 amide bonds. The number of amides is 1. The van der Waals surface area contributed by atoms with E-state index in [1.54, 1.807) is 25.1 Å². The molecule has 4 rings (SSSR count). The van der Waals surface area contributed by atoms with Crippen LogP contribution in [0.2, 0.25) is 0 Å². The lowest BCUT2D eigenvalue weighted by Gasteiger charge is -2.16. The molecule has 3 aromatic carbocycles. The van der Waals surface area contributed by atoms with Crippen molar-refractivity contribution < 1.29 is 17.9 Å². The summed E-state index contributed by atoms with van der Waals surface area (Å²) in [4.78, 5) is 16.6. The zero-order valence-corrected chi connectivity index (χ0v) is 18.0. The highest BCUT2D eigenvalue weighted by Gasteiger charge is 2.18. The Kier molecular flexibility index (Phi) is 6.04. The number of benzene rings is 3. The molecule has 0 bridgehead atoms. The summed E-state index contributed by atoms with van der Waals surface area (Å²) in [5.74, 6) is 0.497. The van der Waals surface area contributed by atoms with Crippen molar-refractivity contribution in [2.24, 2.45) is 0 Å². The van der Waals surface area contributed by atoms with Crippen LogP contribution in [0.4, 0.5) is 11.5 Å². The van der Waals surface area contributed by atoms with Gasteiger partial charge in [0.05, 0.1) is 4.90 Å². The smallest absolute Gasteiger partial charge is 0.265 e. The van der Waals surface area contributed by atoms with Crippen molar-refractivity contribution in [3.05, 3.63) is 91.1 Å². The number of carbonyl (C=O) groups excluding carboxylic acids is 1. The third-order valence-corrected chi connectivity index (χ3v) is 6.13. The summed E-state index contributed by atoms with van der Waals surface area (Å²) in [6.45, 7) is 1.66. The van der Waals surface area contributed by atoms with Gasteiger partial charge in [-0.1, -0.05) is 42.5 Å². The lowest BCUT2D eigenvalue weighted by Crippen LogP contribution is -2.30. The normalized spacial score (nSPS) is 12.2. The molecule has 1 heterocycles. The second kappa shape index (κ2) is 9.07. The average Bonchev–Trinajstić information content (AvgIpc) is 2.80. The van der Waals surface area contributed by atoms with Crippen LogP contribution in [-0.4, -0.2) is 25.4 Å². The number of sulfonamides is 1. The number of carbonyl (C=O) groups is 1. The molecule has 1 aromatic heterocycles. The minimum Gasteiger partial charge on any atom is -0.480 e. The quantitative estimate of drug-likeness (QED) is 0.436. The number of aromatic nitrogens is 1. The maximum absolute atomic E-state index is 12.6. The molecule has 0 spiro atoms. The van der Waals surface area contributed by atoms with Gasteiger partial charge < -0.3 is 10.1 Å². The van der Waals surface area contributed by atoms with E-state index in [1.807, 2.05) is 42.5 Å². The Morgan fingerprint density at radius 1 is 0.906 bits per heavy atom. The van der Waals surface area contributed by atoms with Gasteiger partial charge in [0, 0.05) is 17.3 Å². The molecular formula is C24H21N3O4S. The first-order valence-corrected chi connectivity index (χ1v) is 11.4. The van der Waals surface area contributed by atoms with Crippen LogP contribution in [0, 0.1) is 0 Å². The molecular weight excluding hydrogens is 426 g/mol. The minimum absolute atomic E-state index is 0.0567. The zero-order valence-electron chi connectivity index (χ0n) is 17.2. The number of anilines is 2. The van der Waals surface area contributed by atoms with E-state index in [0.717, 1.165) is 10.8 Å². The van der Waals surface area contributed by atoms with E-state index in [2.05, 4.69) is 15.0 Å². The second-order valence-electron chi connectivity index (χ2n) is 7.07. The van der Waals surface area contributed by atoms with Crippen LogP contribution >= 0.6 is 0 Å². The van der Waals surface area contributed by atoms with E-state index in [1.165, 1.54) is 30.5 Å². The lowest BCUT2D eigenvalue weighted by molar-refractivity contribution is -0.122. The third kappa shape index (κ3) is 4.87. The van der Waals surface area contributed by atoms with Gasteiger partial charge in [-0.3, -0.25) is 9.52 Å². The van der Waals surface area contributed by atoms with Gasteiger partial charge in [0.2, 0.25) is 0 Å². The molecule has 4 aromatic rings. The number of ether oxygens (including phenoxy) is 1. The monoisotopic (exact) mass is 447 g/mol. The summed E-state index contributed by atoms with van der Waals surface area (Å²) in [5, 5.41) is 4.69. The maximum atomic E-state index is 12.6. The molecule has 1 atom stereocenters. The summed E-state index contributed by atoms with van der Waals surface area (Å²) in [6.07, 6.45) is 0.743. The Morgan fingerprint density at radius 2 is 1.62 bits per heavy atom. The number of hydrogen-bond acceptors (Lipinski definition) is 5. The number of hydrogen-bond donors (Lipinski definition) is 2. The average molecular weight is 448 g/mol. The van der Waals surface area contributed by atoms with Crippen molar-refractivity contribution >= 4 is 38.2 Å². The fourth-order valence-electron chi connectivity index (χ4n) is 3.12. The predicted octanol–water partition coefficient (Wildman–Crippen LogP) is 4.44. The lowest BCUT2D eigenvalue weighted by atomic mass is 10.1. The van der Waals surface area contributed by atoms with Crippen molar-refractivity contribution in [2.45, 2.75) is 17.9 Å². The van der Waals surface area contributed by atoms with Crippen molar-refractivity contribution in [3.8, 4) is 5.75 Å². The van der Waals surface area contributed by atoms with Crippen molar-refractivity contribution in [3.63, 3.8) is 0 Å². The Hall–Kier alpha value is -3.91. The standard InChI is InChI=1S/C24H21N3O4S/c1-17(31-22-10-6-8-18-7-2-3-9-21(18)22)24(28)26-19-12-14-20(15-13-19)32(29,30)27-23-11-4-5-16-25-23/h2-17H,1H3,(H,25,27)(H,26,28)/t17-/m1/s1. The molecule has 2 N–H and O–H groups in total. The van der Waals surface area contributed by atoms with Gasteiger partial charge in [0.1, 0.15) is 11.6 Å². The van der Waals surface area contributed by atoms with Crippen LogP contribution < -0.4 is 14.8 Å². The highest BCUT2D eigenvalue weighted by Crippen LogP contribution is 2.26. The molecule has 8 heteroatoms. The summed E-state index contributed by atoms with van der Waals surface area (Å²) in [6, 6.07) is 24.3. The van der Waals surface area contributed by atoms with E-state index < -0.39 is 16.1 Å². The van der Waals surface area contributed by atoms with Crippen LogP contribution in [0.5, 0.6) is 5.75 Å². The van der Waals surface area contributed by atoms with Gasteiger partial charge in [-0.05, 0) is 54.8 Å². The van der Waals surface area contributed by atoms with Gasteiger partial charge in [0.25, 0.3) is 15.9 Å². The Balaban J connectivity index is 1.42. The third-order valence-electron chi connectivity index (χ3n) is 4.76. The Morgan fingerprint density at radius 3 is 2.38 bits per heavy atom. The van der Waals surface area contributed by atoms with Crippen LogP contribution in [0.3, 0.4) is 0 Å². The molecule has 0 aliphatic heterocycles. The van der Waals surface area contributed by atoms with E-state index in [9.17, 15) is 13.2 Å². The molecule has 0 aliphatic rings. The van der Waals surface area contributed by atoms with E-state index >= 15 is 0 Å². The highest BCUT2D eigenvalue weighted by atomic mass is 32.2. The fourth-order valence-corrected chi connectivity index (χ4v) is 4.13.